The number of aliphatic hydroxyl groups is 3. The molecule has 0 aromatic rings. The monoisotopic (exact) mass is 202 g/mol. The predicted molar refractivity (Wildman–Crippen MR) is 40.1 cm³/mol. The van der Waals surface area contributed by atoms with Gasteiger partial charge in [0, 0.05) is 6.61 Å². The van der Waals surface area contributed by atoms with Crippen molar-refractivity contribution in [2.45, 2.75) is 32.5 Å². The molecule has 3 N–H and O–H groups in total. The van der Waals surface area contributed by atoms with Gasteiger partial charge in [0.2, 0.25) is 0 Å². The van der Waals surface area contributed by atoms with Crippen molar-refractivity contribution >= 4 is 5.97 Å². The quantitative estimate of drug-likeness (QED) is 0.397. The second kappa shape index (κ2) is 12.3. The van der Waals surface area contributed by atoms with Crippen molar-refractivity contribution in [2.24, 2.45) is 0 Å². The Bertz CT molecular complexity index is 115. The summed E-state index contributed by atoms with van der Waals surface area (Å²) in [5.41, 5.74) is 0. The van der Waals surface area contributed by atoms with Crippen LogP contribution in [0.4, 0.5) is 0 Å². The number of carboxylic acid groups (broad SMARTS) is 1. The molecule has 0 bridgehead atoms. The molecule has 74 valence electrons. The molecule has 0 aromatic carbocycles. The Morgan fingerprint density at radius 3 is 1.69 bits per heavy atom. The van der Waals surface area contributed by atoms with Gasteiger partial charge in [0.05, 0.1) is 18.2 Å². The Hall–Kier alpha value is 0.350. The SMILES string of the molecule is CC(O)C(=O)[O-].CC(O)CCO.[Na+]. The summed E-state index contributed by atoms with van der Waals surface area (Å²) in [5.74, 6) is -1.44. The minimum Gasteiger partial charge on any atom is -0.547 e. The molecule has 0 spiro atoms. The second-order valence-electron chi connectivity index (χ2n) is 2.36. The number of rotatable bonds is 3. The van der Waals surface area contributed by atoms with E-state index in [1.807, 2.05) is 0 Å². The maximum atomic E-state index is 9.34. The van der Waals surface area contributed by atoms with Gasteiger partial charge in [-0.05, 0) is 20.3 Å². The van der Waals surface area contributed by atoms with E-state index in [1.165, 1.54) is 0 Å². The molecule has 0 aromatic heterocycles. The molecule has 6 heteroatoms. The number of aliphatic carboxylic acids is 1. The zero-order valence-corrected chi connectivity index (χ0v) is 10.2. The topological polar surface area (TPSA) is 101 Å². The Balaban J connectivity index is -0.000000143. The summed E-state index contributed by atoms with van der Waals surface area (Å²) in [5, 5.41) is 33.8. The van der Waals surface area contributed by atoms with Crippen LogP contribution in [0.1, 0.15) is 20.3 Å². The summed E-state index contributed by atoms with van der Waals surface area (Å²) in [6, 6.07) is 0. The number of carbonyl (C=O) groups excluding carboxylic acids is 1. The van der Waals surface area contributed by atoms with Crippen LogP contribution >= 0.6 is 0 Å². The number of hydrogen-bond donors (Lipinski definition) is 3. The molecule has 0 fully saturated rings. The maximum Gasteiger partial charge on any atom is 1.00 e. The molecule has 0 heterocycles. The first-order valence-electron chi connectivity index (χ1n) is 3.59. The molecule has 2 atom stereocenters. The largest absolute Gasteiger partial charge is 1.00 e. The van der Waals surface area contributed by atoms with Crippen molar-refractivity contribution in [1.29, 1.82) is 0 Å². The number of aliphatic hydroxyl groups excluding tert-OH is 3. The number of hydrogen-bond acceptors (Lipinski definition) is 5. The summed E-state index contributed by atoms with van der Waals surface area (Å²) in [6.07, 6.45) is -1.21. The first-order chi connectivity index (χ1) is 5.41. The fourth-order valence-electron chi connectivity index (χ4n) is 0.187. The van der Waals surface area contributed by atoms with E-state index in [9.17, 15) is 9.90 Å². The standard InChI is InChI=1S/C4H10O2.C3H6O3.Na/c1-4(6)2-3-5;1-2(4)3(5)6;/h4-6H,2-3H2,1H3;2,4H,1H3,(H,5,6);/q;;+1/p-1. The van der Waals surface area contributed by atoms with Crippen LogP contribution in [0.3, 0.4) is 0 Å². The summed E-state index contributed by atoms with van der Waals surface area (Å²) >= 11 is 0. The van der Waals surface area contributed by atoms with Crippen molar-refractivity contribution in [3.63, 3.8) is 0 Å². The van der Waals surface area contributed by atoms with Crippen LogP contribution in [0.15, 0.2) is 0 Å². The molecule has 0 saturated heterocycles. The molecule has 5 nitrogen and oxygen atoms in total. The summed E-state index contributed by atoms with van der Waals surface area (Å²) < 4.78 is 0. The van der Waals surface area contributed by atoms with Gasteiger partial charge in [0.15, 0.2) is 0 Å². The zero-order chi connectivity index (χ0) is 10.1. The molecule has 0 aliphatic heterocycles. The van der Waals surface area contributed by atoms with E-state index in [4.69, 9.17) is 15.3 Å². The van der Waals surface area contributed by atoms with Gasteiger partial charge in [0.1, 0.15) is 0 Å². The van der Waals surface area contributed by atoms with E-state index >= 15 is 0 Å². The molecule has 0 aliphatic carbocycles. The molecule has 0 rings (SSSR count). The smallest absolute Gasteiger partial charge is 0.547 e. The molecule has 0 saturated carbocycles. The van der Waals surface area contributed by atoms with Crippen LogP contribution in [-0.4, -0.2) is 40.1 Å². The Morgan fingerprint density at radius 1 is 1.38 bits per heavy atom. The predicted octanol–water partition coefficient (Wildman–Crippen LogP) is -5.13. The molecular formula is C7H15NaO5. The third kappa shape index (κ3) is 24.5. The van der Waals surface area contributed by atoms with Crippen molar-refractivity contribution < 1.29 is 54.8 Å². The van der Waals surface area contributed by atoms with E-state index in [0.717, 1.165) is 6.92 Å². The van der Waals surface area contributed by atoms with Gasteiger partial charge in [-0.3, -0.25) is 0 Å². The van der Waals surface area contributed by atoms with E-state index < -0.39 is 12.1 Å². The third-order valence-corrected chi connectivity index (χ3v) is 0.888. The van der Waals surface area contributed by atoms with E-state index in [0.29, 0.717) is 6.42 Å². The molecule has 0 radical (unpaired) electrons. The van der Waals surface area contributed by atoms with Crippen molar-refractivity contribution in [3.8, 4) is 0 Å². The normalized spacial score (nSPS) is 13.0. The summed E-state index contributed by atoms with van der Waals surface area (Å²) in [7, 11) is 0. The van der Waals surface area contributed by atoms with Crippen molar-refractivity contribution in [2.75, 3.05) is 6.61 Å². The molecule has 2 unspecified atom stereocenters. The van der Waals surface area contributed by atoms with Gasteiger partial charge in [-0.1, -0.05) is 0 Å². The maximum absolute atomic E-state index is 9.34. The van der Waals surface area contributed by atoms with Crippen LogP contribution in [0.5, 0.6) is 0 Å². The minimum atomic E-state index is -1.44. The van der Waals surface area contributed by atoms with Gasteiger partial charge >= 0.3 is 29.6 Å². The molecular weight excluding hydrogens is 187 g/mol. The molecule has 13 heavy (non-hydrogen) atoms. The van der Waals surface area contributed by atoms with Crippen molar-refractivity contribution in [1.82, 2.24) is 0 Å². The summed E-state index contributed by atoms with van der Waals surface area (Å²) in [4.78, 5) is 9.34. The van der Waals surface area contributed by atoms with Gasteiger partial charge in [-0.25, -0.2) is 0 Å². The molecule has 0 amide bonds. The van der Waals surface area contributed by atoms with E-state index in [1.54, 1.807) is 6.92 Å². The third-order valence-electron chi connectivity index (χ3n) is 0.888. The van der Waals surface area contributed by atoms with Gasteiger partial charge in [-0.15, -0.1) is 0 Å². The van der Waals surface area contributed by atoms with Crippen molar-refractivity contribution in [3.05, 3.63) is 0 Å². The minimum absolute atomic E-state index is 0. The number of carboxylic acids is 1. The summed E-state index contributed by atoms with van der Waals surface area (Å²) in [6.45, 7) is 2.86. The van der Waals surface area contributed by atoms with Crippen LogP contribution in [0.25, 0.3) is 0 Å². The average molecular weight is 202 g/mol. The Kier molecular flexibility index (Phi) is 18.1. The van der Waals surface area contributed by atoms with Gasteiger partial charge in [0.25, 0.3) is 0 Å². The first-order valence-corrected chi connectivity index (χ1v) is 3.59. The van der Waals surface area contributed by atoms with Crippen LogP contribution in [0.2, 0.25) is 0 Å². The van der Waals surface area contributed by atoms with E-state index in [-0.39, 0.29) is 42.3 Å². The van der Waals surface area contributed by atoms with Crippen LogP contribution < -0.4 is 34.7 Å². The fraction of sp³-hybridized carbons (Fsp3) is 0.857. The zero-order valence-electron chi connectivity index (χ0n) is 8.23. The second-order valence-corrected chi connectivity index (χ2v) is 2.36. The van der Waals surface area contributed by atoms with Crippen LogP contribution in [0, 0.1) is 0 Å². The number of carbonyl (C=O) groups is 1. The first kappa shape index (κ1) is 19.0. The fourth-order valence-corrected chi connectivity index (χ4v) is 0.187. The van der Waals surface area contributed by atoms with E-state index in [2.05, 4.69) is 0 Å². The Morgan fingerprint density at radius 2 is 1.69 bits per heavy atom. The van der Waals surface area contributed by atoms with Crippen LogP contribution in [-0.2, 0) is 4.79 Å². The average Bonchev–Trinajstić information content (AvgIpc) is 1.87. The molecule has 0 aliphatic rings. The van der Waals surface area contributed by atoms with Gasteiger partial charge in [-0.2, -0.15) is 0 Å². The Labute approximate surface area is 99.7 Å². The van der Waals surface area contributed by atoms with Gasteiger partial charge < -0.3 is 25.2 Å².